The zero-order valence-corrected chi connectivity index (χ0v) is 23.6. The molecule has 1 fully saturated rings. The highest BCUT2D eigenvalue weighted by Gasteiger charge is 2.30. The number of aromatic nitrogens is 1. The number of hydrogen-bond acceptors (Lipinski definition) is 8. The largest absolute Gasteiger partial charge is 0.382 e. The van der Waals surface area contributed by atoms with Crippen LogP contribution in [0.3, 0.4) is 0 Å². The first-order valence-electron chi connectivity index (χ1n) is 12.0. The van der Waals surface area contributed by atoms with E-state index in [1.807, 2.05) is 13.0 Å². The molecule has 0 amide bonds. The minimum absolute atomic E-state index is 0.0641. The molecule has 1 saturated heterocycles. The van der Waals surface area contributed by atoms with Gasteiger partial charge in [-0.3, -0.25) is 9.52 Å². The molecule has 0 saturated carbocycles. The minimum atomic E-state index is -4.34. The lowest BCUT2D eigenvalue weighted by Crippen LogP contribution is -2.43. The van der Waals surface area contributed by atoms with E-state index in [-0.39, 0.29) is 53.7 Å². The van der Waals surface area contributed by atoms with Gasteiger partial charge >= 0.3 is 10.2 Å². The topological polar surface area (TPSA) is 142 Å². The molecule has 2 heterocycles. The van der Waals surface area contributed by atoms with Crippen LogP contribution in [0.4, 0.5) is 5.69 Å². The summed E-state index contributed by atoms with van der Waals surface area (Å²) in [7, 11) is -5.01. The number of morpholine rings is 1. The number of nitrogens with zero attached hydrogens (tertiary/aromatic N) is 4. The van der Waals surface area contributed by atoms with Crippen LogP contribution in [0.2, 0.25) is 0 Å². The fourth-order valence-electron chi connectivity index (χ4n) is 4.21. The molecule has 0 bridgehead atoms. The van der Waals surface area contributed by atoms with E-state index < -0.39 is 26.0 Å². The second-order valence-corrected chi connectivity index (χ2v) is 12.9. The van der Waals surface area contributed by atoms with Crippen molar-refractivity contribution in [1.29, 1.82) is 5.26 Å². The van der Waals surface area contributed by atoms with Gasteiger partial charge < -0.3 is 9.64 Å². The van der Waals surface area contributed by atoms with Gasteiger partial charge in [0.05, 0.1) is 29.3 Å². The lowest BCUT2D eigenvalue weighted by molar-refractivity contribution is 0.0733. The minimum Gasteiger partial charge on any atom is -0.382 e. The van der Waals surface area contributed by atoms with Crippen molar-refractivity contribution in [3.05, 3.63) is 71.1 Å². The summed E-state index contributed by atoms with van der Waals surface area (Å²) in [6.45, 7) is 4.40. The first kappa shape index (κ1) is 28.3. The number of ether oxygens (including phenoxy) is 1. The van der Waals surface area contributed by atoms with Crippen LogP contribution in [0.5, 0.6) is 0 Å². The summed E-state index contributed by atoms with van der Waals surface area (Å²) < 4.78 is 63.9. The molecule has 4 rings (SSSR count). The number of fused-ring (bicyclic) bond motifs is 1. The van der Waals surface area contributed by atoms with Gasteiger partial charge in [0.1, 0.15) is 17.3 Å². The van der Waals surface area contributed by atoms with E-state index >= 15 is 0 Å². The Morgan fingerprint density at radius 2 is 1.69 bits per heavy atom. The Morgan fingerprint density at radius 1 is 1.05 bits per heavy atom. The zero-order chi connectivity index (χ0) is 28.5. The molecule has 39 heavy (non-hydrogen) atoms. The van der Waals surface area contributed by atoms with Crippen molar-refractivity contribution in [2.24, 2.45) is 0 Å². The Hall–Kier alpha value is -3.70. The van der Waals surface area contributed by atoms with Gasteiger partial charge in [-0.25, -0.2) is 12.4 Å². The molecule has 1 aliphatic rings. The van der Waals surface area contributed by atoms with E-state index in [4.69, 9.17) is 4.74 Å². The Balaban J connectivity index is 1.95. The predicted octanol–water partition coefficient (Wildman–Crippen LogP) is 2.64. The van der Waals surface area contributed by atoms with Crippen LogP contribution >= 0.6 is 0 Å². The normalized spacial score (nSPS) is 15.2. The zero-order valence-electron chi connectivity index (χ0n) is 22.0. The number of Topliss-reactive ketones (excluding diaryl/α,β-unsaturated/α-hetero) is 1. The highest BCUT2D eigenvalue weighted by molar-refractivity contribution is 7.90. The van der Waals surface area contributed by atoms with Crippen molar-refractivity contribution in [1.82, 2.24) is 13.2 Å². The average molecular weight is 572 g/mol. The third-order valence-corrected chi connectivity index (χ3v) is 9.46. The van der Waals surface area contributed by atoms with Crippen molar-refractivity contribution < 1.29 is 26.4 Å². The number of carbonyl (C=O) groups excluding carboxylic acids is 1. The molecule has 13 heteroatoms. The molecule has 0 spiro atoms. The highest BCUT2D eigenvalue weighted by Crippen LogP contribution is 2.32. The monoisotopic (exact) mass is 571 g/mol. The lowest BCUT2D eigenvalue weighted by atomic mass is 10.1. The second-order valence-electron chi connectivity index (χ2n) is 9.40. The molecule has 1 aliphatic heterocycles. The molecule has 0 radical (unpaired) electrons. The Bertz CT molecular complexity index is 1710. The molecule has 0 atom stereocenters. The molecule has 1 N–H and O–H groups in total. The van der Waals surface area contributed by atoms with Crippen LogP contribution in [0.25, 0.3) is 10.9 Å². The van der Waals surface area contributed by atoms with Crippen molar-refractivity contribution in [2.45, 2.75) is 18.7 Å². The highest BCUT2D eigenvalue weighted by atomic mass is 32.2. The maximum absolute atomic E-state index is 13.9. The van der Waals surface area contributed by atoms with Crippen LogP contribution < -0.4 is 4.72 Å². The summed E-state index contributed by atoms with van der Waals surface area (Å²) >= 11 is 0. The van der Waals surface area contributed by atoms with E-state index in [2.05, 4.69) is 4.72 Å². The summed E-state index contributed by atoms with van der Waals surface area (Å²) in [5, 5.41) is 10.0. The number of aryl methyl sites for hydroxylation is 2. The second kappa shape index (κ2) is 10.8. The third kappa shape index (κ3) is 5.69. The number of ketones is 1. The number of nitriles is 1. The number of hydrogen-bond donors (Lipinski definition) is 1. The summed E-state index contributed by atoms with van der Waals surface area (Å²) in [5.74, 6) is -0.786. The van der Waals surface area contributed by atoms with Crippen molar-refractivity contribution in [2.75, 3.05) is 45.1 Å². The fourth-order valence-corrected chi connectivity index (χ4v) is 6.97. The summed E-state index contributed by atoms with van der Waals surface area (Å²) in [4.78, 5) is 15.0. The van der Waals surface area contributed by atoms with Crippen molar-refractivity contribution in [3.63, 3.8) is 0 Å². The van der Waals surface area contributed by atoms with Gasteiger partial charge in [-0.15, -0.1) is 0 Å². The van der Waals surface area contributed by atoms with E-state index in [0.29, 0.717) is 10.9 Å². The molecule has 3 aromatic rings. The fraction of sp³-hybridized carbons (Fsp3) is 0.308. The molecular weight excluding hydrogens is 542 g/mol. The van der Waals surface area contributed by atoms with E-state index in [1.54, 1.807) is 39.2 Å². The van der Waals surface area contributed by atoms with Gasteiger partial charge in [0.25, 0.3) is 10.0 Å². The number of allylic oxidation sites excluding steroid dienone is 1. The standard InChI is InChI=1S/C26H29N5O6S2/c1-18-5-7-22(8-6-18)38(33,34)31-24-15-23(28-39(35,36)30-9-11-37-12-10-30)19(2)13-20(24)14-25(31)26(32)21(16-27)17-29(3)4/h5-8,13-15,17,28H,9-12H2,1-4H3. The van der Waals surface area contributed by atoms with E-state index in [9.17, 15) is 26.9 Å². The number of carbonyl (C=O) groups is 1. The first-order valence-corrected chi connectivity index (χ1v) is 14.9. The molecule has 11 nitrogen and oxygen atoms in total. The number of benzene rings is 2. The lowest BCUT2D eigenvalue weighted by Gasteiger charge is -2.26. The molecule has 0 unspecified atom stereocenters. The van der Waals surface area contributed by atoms with Crippen molar-refractivity contribution >= 4 is 42.6 Å². The Kier molecular flexibility index (Phi) is 7.85. The summed E-state index contributed by atoms with van der Waals surface area (Å²) in [6, 6.07) is 12.4. The molecular formula is C26H29N5O6S2. The van der Waals surface area contributed by atoms with Crippen molar-refractivity contribution in [3.8, 4) is 6.07 Å². The Labute approximate surface area is 228 Å². The van der Waals surface area contributed by atoms with Gasteiger partial charge in [-0.1, -0.05) is 17.7 Å². The third-order valence-electron chi connectivity index (χ3n) is 6.20. The molecule has 206 valence electrons. The molecule has 0 aliphatic carbocycles. The summed E-state index contributed by atoms with van der Waals surface area (Å²) in [6.07, 6.45) is 1.32. The van der Waals surface area contributed by atoms with Crippen LogP contribution in [-0.4, -0.2) is 76.2 Å². The smallest absolute Gasteiger partial charge is 0.301 e. The Morgan fingerprint density at radius 3 is 2.28 bits per heavy atom. The van der Waals surface area contributed by atoms with Gasteiger partial charge in [0, 0.05) is 38.8 Å². The molecule has 1 aromatic heterocycles. The van der Waals surface area contributed by atoms with E-state index in [1.165, 1.54) is 39.7 Å². The number of anilines is 1. The predicted molar refractivity (Wildman–Crippen MR) is 147 cm³/mol. The maximum Gasteiger partial charge on any atom is 0.301 e. The van der Waals surface area contributed by atoms with E-state index in [0.717, 1.165) is 9.54 Å². The van der Waals surface area contributed by atoms with Crippen LogP contribution in [0.1, 0.15) is 21.6 Å². The SMILES string of the molecule is Cc1ccc(S(=O)(=O)n2c(C(=O)C(C#N)=CN(C)C)cc3cc(C)c(NS(=O)(=O)N4CCOCC4)cc32)cc1. The quantitative estimate of drug-likeness (QED) is 0.247. The maximum atomic E-state index is 13.9. The number of nitrogens with one attached hydrogen (secondary N) is 1. The van der Waals surface area contributed by atoms with Gasteiger partial charge in [-0.2, -0.15) is 18.0 Å². The first-order chi connectivity index (χ1) is 18.3. The van der Waals surface area contributed by atoms with Crippen LogP contribution in [-0.2, 0) is 25.0 Å². The van der Waals surface area contributed by atoms with Gasteiger partial charge in [0.15, 0.2) is 0 Å². The summed E-state index contributed by atoms with van der Waals surface area (Å²) in [5.41, 5.74) is 1.12. The molecule has 2 aromatic carbocycles. The van der Waals surface area contributed by atoms with Gasteiger partial charge in [-0.05, 0) is 49.7 Å². The van der Waals surface area contributed by atoms with Gasteiger partial charge in [0.2, 0.25) is 5.78 Å². The number of rotatable bonds is 8. The van der Waals surface area contributed by atoms with Crippen LogP contribution in [0, 0.1) is 25.2 Å². The van der Waals surface area contributed by atoms with Crippen LogP contribution in [0.15, 0.2) is 59.1 Å². The average Bonchev–Trinajstić information content (AvgIpc) is 3.26.